The maximum absolute atomic E-state index is 11.4. The van der Waals surface area contributed by atoms with Gasteiger partial charge < -0.3 is 14.4 Å². The third-order valence-corrected chi connectivity index (χ3v) is 5.46. The lowest BCUT2D eigenvalue weighted by atomic mass is 10.0. The largest absolute Gasteiger partial charge is 0.381 e. The number of nitro benzene ring substituents is 1. The van der Waals surface area contributed by atoms with Gasteiger partial charge >= 0.3 is 0 Å². The van der Waals surface area contributed by atoms with E-state index < -0.39 is 0 Å². The normalized spacial score (nSPS) is 19.5. The topological polar surface area (TPSA) is 77.7 Å². The Morgan fingerprint density at radius 2 is 1.89 bits per heavy atom. The molecule has 0 saturated carbocycles. The minimum absolute atomic E-state index is 0.0650. The highest BCUT2D eigenvalue weighted by atomic mass is 16.6. The summed E-state index contributed by atoms with van der Waals surface area (Å²) in [5.74, 6) is 0. The Morgan fingerprint density at radius 3 is 2.59 bits per heavy atom. The first kappa shape index (κ1) is 18.1. The number of nitro groups is 1. The minimum atomic E-state index is -0.355. The van der Waals surface area contributed by atoms with Crippen LogP contribution in [0.1, 0.15) is 31.4 Å². The summed E-state index contributed by atoms with van der Waals surface area (Å²) in [5, 5.41) is 12.2. The average Bonchev–Trinajstić information content (AvgIpc) is 2.68. The molecule has 0 atom stereocenters. The summed E-state index contributed by atoms with van der Waals surface area (Å²) in [6, 6.07) is 7.22. The molecule has 4 rings (SSSR count). The van der Waals surface area contributed by atoms with Crippen LogP contribution in [0, 0.1) is 17.0 Å². The zero-order valence-electron chi connectivity index (χ0n) is 15.6. The first-order valence-corrected chi connectivity index (χ1v) is 9.65. The second-order valence-electron chi connectivity index (χ2n) is 7.35. The highest BCUT2D eigenvalue weighted by Crippen LogP contribution is 2.34. The van der Waals surface area contributed by atoms with E-state index in [2.05, 4.69) is 9.88 Å². The second-order valence-corrected chi connectivity index (χ2v) is 7.35. The number of nitrogens with zero attached hydrogens (tertiary/aromatic N) is 3. The van der Waals surface area contributed by atoms with Crippen molar-refractivity contribution in [2.75, 3.05) is 31.2 Å². The smallest absolute Gasteiger partial charge is 0.295 e. The van der Waals surface area contributed by atoms with Gasteiger partial charge in [-0.2, -0.15) is 0 Å². The van der Waals surface area contributed by atoms with Crippen molar-refractivity contribution in [3.05, 3.63) is 40.1 Å². The predicted molar refractivity (Wildman–Crippen MR) is 103 cm³/mol. The quantitative estimate of drug-likeness (QED) is 0.603. The predicted octanol–water partition coefficient (Wildman–Crippen LogP) is 3.62. The molecule has 0 amide bonds. The van der Waals surface area contributed by atoms with E-state index in [1.165, 1.54) is 6.07 Å². The van der Waals surface area contributed by atoms with Gasteiger partial charge in [0.25, 0.3) is 5.69 Å². The SMILES string of the molecule is Cc1cc(N2CCC(OC3CCOCC3)CC2)c2cccc([N+](=O)[O-])c2n1. The summed E-state index contributed by atoms with van der Waals surface area (Å²) in [6.07, 6.45) is 4.51. The third-order valence-electron chi connectivity index (χ3n) is 5.46. The number of hydrogen-bond acceptors (Lipinski definition) is 6. The fraction of sp³-hybridized carbons (Fsp3) is 0.550. The van der Waals surface area contributed by atoms with Gasteiger partial charge in [0.1, 0.15) is 0 Å². The van der Waals surface area contributed by atoms with Gasteiger partial charge in [0.15, 0.2) is 5.52 Å². The van der Waals surface area contributed by atoms with E-state index in [1.54, 1.807) is 6.07 Å². The highest BCUT2D eigenvalue weighted by Gasteiger charge is 2.26. The molecular weight excluding hydrogens is 346 g/mol. The monoisotopic (exact) mass is 371 g/mol. The standard InChI is InChI=1S/C20H25N3O4/c1-14-13-19(17-3-2-4-18(23(24)25)20(17)21-14)22-9-5-15(6-10-22)27-16-7-11-26-12-8-16/h2-4,13,15-16H,5-12H2,1H3. The van der Waals surface area contributed by atoms with Crippen molar-refractivity contribution in [2.24, 2.45) is 0 Å². The van der Waals surface area contributed by atoms with Crippen molar-refractivity contribution in [1.82, 2.24) is 4.98 Å². The van der Waals surface area contributed by atoms with Crippen molar-refractivity contribution in [3.63, 3.8) is 0 Å². The highest BCUT2D eigenvalue weighted by molar-refractivity contribution is 5.97. The minimum Gasteiger partial charge on any atom is -0.381 e. The van der Waals surface area contributed by atoms with E-state index in [4.69, 9.17) is 9.47 Å². The zero-order chi connectivity index (χ0) is 18.8. The van der Waals surface area contributed by atoms with E-state index >= 15 is 0 Å². The maximum Gasteiger partial charge on any atom is 0.295 e. The van der Waals surface area contributed by atoms with Crippen molar-refractivity contribution in [3.8, 4) is 0 Å². The number of benzene rings is 1. The molecule has 2 fully saturated rings. The Morgan fingerprint density at radius 1 is 1.19 bits per heavy atom. The fourth-order valence-electron chi connectivity index (χ4n) is 4.07. The Bertz CT molecular complexity index is 827. The van der Waals surface area contributed by atoms with Gasteiger partial charge in [-0.25, -0.2) is 4.98 Å². The van der Waals surface area contributed by atoms with E-state index in [0.29, 0.717) is 11.6 Å². The van der Waals surface area contributed by atoms with Gasteiger partial charge in [-0.1, -0.05) is 12.1 Å². The van der Waals surface area contributed by atoms with Crippen molar-refractivity contribution >= 4 is 22.3 Å². The Labute approximate surface area is 158 Å². The zero-order valence-corrected chi connectivity index (χ0v) is 15.6. The van der Waals surface area contributed by atoms with Crippen molar-refractivity contribution in [1.29, 1.82) is 0 Å². The Hall–Kier alpha value is -2.25. The van der Waals surface area contributed by atoms with E-state index in [1.807, 2.05) is 19.1 Å². The summed E-state index contributed by atoms with van der Waals surface area (Å²) >= 11 is 0. The van der Waals surface area contributed by atoms with Gasteiger partial charge in [0, 0.05) is 49.1 Å². The fourth-order valence-corrected chi connectivity index (χ4v) is 4.07. The Balaban J connectivity index is 1.52. The number of aryl methyl sites for hydroxylation is 1. The Kier molecular flexibility index (Phi) is 5.22. The lowest BCUT2D eigenvalue weighted by molar-refractivity contribution is -0.383. The molecule has 7 heteroatoms. The summed E-state index contributed by atoms with van der Waals surface area (Å²) in [5.41, 5.74) is 2.37. The van der Waals surface area contributed by atoms with Crippen LogP contribution in [0.2, 0.25) is 0 Å². The number of piperidine rings is 1. The second kappa shape index (κ2) is 7.78. The number of non-ortho nitro benzene ring substituents is 1. The maximum atomic E-state index is 11.4. The molecule has 2 aliphatic rings. The number of hydrogen-bond donors (Lipinski definition) is 0. The summed E-state index contributed by atoms with van der Waals surface area (Å²) in [4.78, 5) is 17.8. The number of fused-ring (bicyclic) bond motifs is 1. The van der Waals surface area contributed by atoms with Crippen LogP contribution in [0.4, 0.5) is 11.4 Å². The van der Waals surface area contributed by atoms with E-state index in [-0.39, 0.29) is 16.7 Å². The molecule has 3 heterocycles. The first-order valence-electron chi connectivity index (χ1n) is 9.65. The van der Waals surface area contributed by atoms with Gasteiger partial charge in [-0.15, -0.1) is 0 Å². The van der Waals surface area contributed by atoms with Crippen LogP contribution >= 0.6 is 0 Å². The van der Waals surface area contributed by atoms with Crippen LogP contribution in [0.25, 0.3) is 10.9 Å². The molecular formula is C20H25N3O4. The number of aromatic nitrogens is 1. The molecule has 0 bridgehead atoms. The molecule has 0 aliphatic carbocycles. The number of anilines is 1. The molecule has 0 radical (unpaired) electrons. The van der Waals surface area contributed by atoms with Crippen LogP contribution < -0.4 is 4.90 Å². The van der Waals surface area contributed by atoms with Crippen molar-refractivity contribution < 1.29 is 14.4 Å². The first-order chi connectivity index (χ1) is 13.1. The number of ether oxygens (including phenoxy) is 2. The molecule has 144 valence electrons. The lowest BCUT2D eigenvalue weighted by Crippen LogP contribution is -2.39. The van der Waals surface area contributed by atoms with Crippen LogP contribution in [0.5, 0.6) is 0 Å². The van der Waals surface area contributed by atoms with Crippen LogP contribution in [-0.4, -0.2) is 48.4 Å². The molecule has 1 aromatic heterocycles. The molecule has 1 aromatic carbocycles. The molecule has 2 saturated heterocycles. The molecule has 2 aliphatic heterocycles. The molecule has 0 spiro atoms. The summed E-state index contributed by atoms with van der Waals surface area (Å²) < 4.78 is 11.7. The molecule has 0 N–H and O–H groups in total. The number of pyridine rings is 1. The molecule has 0 unspecified atom stereocenters. The molecule has 2 aromatic rings. The van der Waals surface area contributed by atoms with Crippen LogP contribution in [-0.2, 0) is 9.47 Å². The molecule has 27 heavy (non-hydrogen) atoms. The van der Waals surface area contributed by atoms with Crippen LogP contribution in [0.15, 0.2) is 24.3 Å². The summed E-state index contributed by atoms with van der Waals surface area (Å²) in [7, 11) is 0. The van der Waals surface area contributed by atoms with E-state index in [9.17, 15) is 10.1 Å². The van der Waals surface area contributed by atoms with Gasteiger partial charge in [-0.3, -0.25) is 10.1 Å². The van der Waals surface area contributed by atoms with Gasteiger partial charge in [-0.05, 0) is 38.7 Å². The van der Waals surface area contributed by atoms with Gasteiger partial charge in [0.05, 0.1) is 17.1 Å². The number of para-hydroxylation sites is 1. The summed E-state index contributed by atoms with van der Waals surface area (Å²) in [6.45, 7) is 5.25. The number of rotatable bonds is 4. The van der Waals surface area contributed by atoms with E-state index in [0.717, 1.165) is 68.8 Å². The van der Waals surface area contributed by atoms with Gasteiger partial charge in [0.2, 0.25) is 0 Å². The third kappa shape index (κ3) is 3.89. The average molecular weight is 371 g/mol. The molecule has 7 nitrogen and oxygen atoms in total. The van der Waals surface area contributed by atoms with Crippen molar-refractivity contribution in [2.45, 2.75) is 44.8 Å². The van der Waals surface area contributed by atoms with Crippen LogP contribution in [0.3, 0.4) is 0 Å². The lowest BCUT2D eigenvalue weighted by Gasteiger charge is -2.36.